The summed E-state index contributed by atoms with van der Waals surface area (Å²) in [5.41, 5.74) is 0. The van der Waals surface area contributed by atoms with Gasteiger partial charge in [0.2, 0.25) is 0 Å². The molecule has 1 aliphatic rings. The van der Waals surface area contributed by atoms with Crippen LogP contribution in [0.4, 0.5) is 0 Å². The highest BCUT2D eigenvalue weighted by molar-refractivity contribution is 4.92. The molecule has 1 atom stereocenters. The maximum Gasteiger partial charge on any atom is 0.0591 e. The normalized spacial score (nSPS) is 21.1. The van der Waals surface area contributed by atoms with Gasteiger partial charge in [-0.1, -0.05) is 26.0 Å². The lowest BCUT2D eigenvalue weighted by Gasteiger charge is -2.19. The van der Waals surface area contributed by atoms with Crippen LogP contribution in [0.5, 0.6) is 0 Å². The number of rotatable bonds is 7. The van der Waals surface area contributed by atoms with Gasteiger partial charge in [-0.15, -0.1) is 0 Å². The molecule has 1 rings (SSSR count). The molecule has 0 aliphatic heterocycles. The van der Waals surface area contributed by atoms with Crippen molar-refractivity contribution in [1.29, 1.82) is 0 Å². The Morgan fingerprint density at radius 2 is 2.20 bits per heavy atom. The molecule has 2 nitrogen and oxygen atoms in total. The first kappa shape index (κ1) is 12.7. The Morgan fingerprint density at radius 1 is 1.33 bits per heavy atom. The average molecular weight is 211 g/mol. The number of hydrogen-bond acceptors (Lipinski definition) is 2. The van der Waals surface area contributed by atoms with Crippen LogP contribution in [0.3, 0.4) is 0 Å². The van der Waals surface area contributed by atoms with Crippen molar-refractivity contribution in [3.8, 4) is 0 Å². The summed E-state index contributed by atoms with van der Waals surface area (Å²) in [6.07, 6.45) is 9.42. The molecule has 0 aromatic heterocycles. The van der Waals surface area contributed by atoms with Crippen LogP contribution >= 0.6 is 0 Å². The van der Waals surface area contributed by atoms with Gasteiger partial charge in [0.05, 0.1) is 6.61 Å². The average Bonchev–Trinajstić information content (AvgIpc) is 2.24. The zero-order valence-corrected chi connectivity index (χ0v) is 10.2. The van der Waals surface area contributed by atoms with Crippen LogP contribution in [0.2, 0.25) is 0 Å². The number of allylic oxidation sites excluding steroid dienone is 1. The smallest absolute Gasteiger partial charge is 0.0591 e. The Morgan fingerprint density at radius 3 is 2.87 bits per heavy atom. The Kier molecular flexibility index (Phi) is 6.69. The van der Waals surface area contributed by atoms with Crippen LogP contribution in [0, 0.1) is 5.92 Å². The predicted molar refractivity (Wildman–Crippen MR) is 65.1 cm³/mol. The third-order valence-electron chi connectivity index (χ3n) is 2.79. The molecule has 0 amide bonds. The molecular formula is C13H25NO. The van der Waals surface area contributed by atoms with E-state index in [2.05, 4.69) is 31.3 Å². The molecule has 0 aromatic rings. The van der Waals surface area contributed by atoms with Crippen LogP contribution in [-0.2, 0) is 4.74 Å². The summed E-state index contributed by atoms with van der Waals surface area (Å²) in [6, 6.07) is 0.684. The molecule has 1 aliphatic carbocycles. The van der Waals surface area contributed by atoms with E-state index in [0.29, 0.717) is 6.04 Å². The van der Waals surface area contributed by atoms with E-state index < -0.39 is 0 Å². The first-order valence-corrected chi connectivity index (χ1v) is 6.25. The second-order valence-electron chi connectivity index (χ2n) is 4.73. The molecule has 0 saturated heterocycles. The van der Waals surface area contributed by atoms with E-state index >= 15 is 0 Å². The topological polar surface area (TPSA) is 21.3 Å². The highest BCUT2D eigenvalue weighted by atomic mass is 16.5. The van der Waals surface area contributed by atoms with Gasteiger partial charge in [-0.2, -0.15) is 0 Å². The molecular weight excluding hydrogens is 186 g/mol. The molecule has 88 valence electrons. The van der Waals surface area contributed by atoms with Crippen molar-refractivity contribution >= 4 is 0 Å². The zero-order chi connectivity index (χ0) is 10.9. The summed E-state index contributed by atoms with van der Waals surface area (Å²) in [7, 11) is 0. The van der Waals surface area contributed by atoms with E-state index in [1.54, 1.807) is 0 Å². The molecule has 1 unspecified atom stereocenters. The number of ether oxygens (including phenoxy) is 1. The van der Waals surface area contributed by atoms with Crippen molar-refractivity contribution in [2.75, 3.05) is 19.8 Å². The van der Waals surface area contributed by atoms with Gasteiger partial charge in [-0.05, 0) is 31.6 Å². The molecule has 0 spiro atoms. The van der Waals surface area contributed by atoms with Crippen LogP contribution < -0.4 is 5.32 Å². The van der Waals surface area contributed by atoms with Crippen molar-refractivity contribution in [3.05, 3.63) is 12.2 Å². The van der Waals surface area contributed by atoms with Gasteiger partial charge in [0.25, 0.3) is 0 Å². The molecule has 0 fully saturated rings. The Bertz CT molecular complexity index is 177. The van der Waals surface area contributed by atoms with Crippen LogP contribution in [0.25, 0.3) is 0 Å². The second kappa shape index (κ2) is 7.89. The van der Waals surface area contributed by atoms with Gasteiger partial charge in [0.1, 0.15) is 0 Å². The largest absolute Gasteiger partial charge is 0.380 e. The van der Waals surface area contributed by atoms with E-state index in [1.807, 2.05) is 0 Å². The van der Waals surface area contributed by atoms with Crippen LogP contribution in [-0.4, -0.2) is 25.8 Å². The van der Waals surface area contributed by atoms with E-state index in [-0.39, 0.29) is 0 Å². The monoisotopic (exact) mass is 211 g/mol. The van der Waals surface area contributed by atoms with Gasteiger partial charge in [0.15, 0.2) is 0 Å². The molecule has 0 heterocycles. The summed E-state index contributed by atoms with van der Waals surface area (Å²) in [5.74, 6) is 0.751. The fraction of sp³-hybridized carbons (Fsp3) is 0.846. The molecule has 0 radical (unpaired) electrons. The van der Waals surface area contributed by atoms with Gasteiger partial charge < -0.3 is 10.1 Å². The lowest BCUT2D eigenvalue weighted by atomic mass is 10.0. The Hall–Kier alpha value is -0.340. The third kappa shape index (κ3) is 6.69. The van der Waals surface area contributed by atoms with Gasteiger partial charge >= 0.3 is 0 Å². The Balaban J connectivity index is 1.86. The van der Waals surface area contributed by atoms with Gasteiger partial charge in [-0.25, -0.2) is 0 Å². The van der Waals surface area contributed by atoms with Crippen molar-refractivity contribution in [3.63, 3.8) is 0 Å². The fourth-order valence-corrected chi connectivity index (χ4v) is 1.74. The minimum absolute atomic E-state index is 0.684. The van der Waals surface area contributed by atoms with Crippen LogP contribution in [0.1, 0.15) is 39.5 Å². The third-order valence-corrected chi connectivity index (χ3v) is 2.79. The van der Waals surface area contributed by atoms with Crippen molar-refractivity contribution in [2.24, 2.45) is 5.92 Å². The summed E-state index contributed by atoms with van der Waals surface area (Å²) in [6.45, 7) is 7.22. The highest BCUT2D eigenvalue weighted by Gasteiger charge is 2.07. The van der Waals surface area contributed by atoms with Gasteiger partial charge in [0, 0.05) is 19.2 Å². The molecule has 0 bridgehead atoms. The van der Waals surface area contributed by atoms with Crippen molar-refractivity contribution < 1.29 is 4.74 Å². The lowest BCUT2D eigenvalue weighted by Crippen LogP contribution is -2.32. The summed E-state index contributed by atoms with van der Waals surface area (Å²) < 4.78 is 5.56. The standard InChI is InChI=1S/C13H25NO/c1-12(2)8-10-15-11-9-14-13-6-4-3-5-7-13/h3-4,12-14H,5-11H2,1-2H3. The summed E-state index contributed by atoms with van der Waals surface area (Å²) in [4.78, 5) is 0. The van der Waals surface area contributed by atoms with E-state index in [9.17, 15) is 0 Å². The van der Waals surface area contributed by atoms with E-state index in [0.717, 1.165) is 25.7 Å². The summed E-state index contributed by atoms with van der Waals surface area (Å²) in [5, 5.41) is 3.53. The molecule has 0 aromatic carbocycles. The minimum Gasteiger partial charge on any atom is -0.380 e. The second-order valence-corrected chi connectivity index (χ2v) is 4.73. The van der Waals surface area contributed by atoms with Gasteiger partial charge in [-0.3, -0.25) is 0 Å². The Labute approximate surface area is 94.1 Å². The molecule has 2 heteroatoms. The lowest BCUT2D eigenvalue weighted by molar-refractivity contribution is 0.123. The van der Waals surface area contributed by atoms with E-state index in [1.165, 1.54) is 25.7 Å². The quantitative estimate of drug-likeness (QED) is 0.516. The fourth-order valence-electron chi connectivity index (χ4n) is 1.74. The van der Waals surface area contributed by atoms with Crippen molar-refractivity contribution in [2.45, 2.75) is 45.6 Å². The molecule has 0 saturated carbocycles. The maximum atomic E-state index is 5.56. The molecule has 1 N–H and O–H groups in total. The first-order valence-electron chi connectivity index (χ1n) is 6.25. The number of nitrogens with one attached hydrogen (secondary N) is 1. The highest BCUT2D eigenvalue weighted by Crippen LogP contribution is 2.09. The van der Waals surface area contributed by atoms with Crippen LogP contribution in [0.15, 0.2) is 12.2 Å². The van der Waals surface area contributed by atoms with Crippen molar-refractivity contribution in [1.82, 2.24) is 5.32 Å². The summed E-state index contributed by atoms with van der Waals surface area (Å²) >= 11 is 0. The van der Waals surface area contributed by atoms with E-state index in [4.69, 9.17) is 4.74 Å². The molecule has 15 heavy (non-hydrogen) atoms. The zero-order valence-electron chi connectivity index (χ0n) is 10.2. The minimum atomic E-state index is 0.684. The predicted octanol–water partition coefficient (Wildman–Crippen LogP) is 2.75. The number of hydrogen-bond donors (Lipinski definition) is 1. The SMILES string of the molecule is CC(C)CCOCCNC1CC=CCC1. The first-order chi connectivity index (χ1) is 7.29. The maximum absolute atomic E-state index is 5.56.